The molecule has 1 fully saturated rings. The fraction of sp³-hybridized carbons (Fsp3) is 0.727. The monoisotopic (exact) mass is 290 g/mol. The molecule has 0 aromatic carbocycles. The van der Waals surface area contributed by atoms with Crippen LogP contribution < -0.4 is 4.90 Å². The molecule has 1 aromatic rings. The topological polar surface area (TPSA) is 84.4 Å². The summed E-state index contributed by atoms with van der Waals surface area (Å²) < 4.78 is 26.0. The molecule has 1 N–H and O–H groups in total. The molecule has 1 aromatic heterocycles. The van der Waals surface area contributed by atoms with Crippen LogP contribution in [0.15, 0.2) is 6.20 Å². The Morgan fingerprint density at radius 3 is 2.95 bits per heavy atom. The first kappa shape index (κ1) is 14.6. The van der Waals surface area contributed by atoms with Gasteiger partial charge in [-0.2, -0.15) is 5.10 Å². The van der Waals surface area contributed by atoms with Gasteiger partial charge < -0.3 is 10.0 Å². The van der Waals surface area contributed by atoms with E-state index in [9.17, 15) is 24.0 Å². The van der Waals surface area contributed by atoms with Gasteiger partial charge >= 0.3 is 5.69 Å². The van der Waals surface area contributed by atoms with Gasteiger partial charge in [0.05, 0.1) is 11.0 Å². The smallest absolute Gasteiger partial charge is 0.331 e. The van der Waals surface area contributed by atoms with Crippen LogP contribution in [0, 0.1) is 10.1 Å². The molecular formula is C11H16F2N4O3. The summed E-state index contributed by atoms with van der Waals surface area (Å²) in [5.74, 6) is 0.0521. The summed E-state index contributed by atoms with van der Waals surface area (Å²) in [6, 6.07) is 0. The standard InChI is InChI=1S/C11H16F2N4O3/c12-10(13)7-16-11(9(5-14-16)17(19)20)15-4-2-1-3-8(18)6-15/h5,8,10,18H,1-4,6-7H2. The first-order valence-electron chi connectivity index (χ1n) is 6.40. The van der Waals surface area contributed by atoms with E-state index < -0.39 is 24.0 Å². The van der Waals surface area contributed by atoms with E-state index in [4.69, 9.17) is 0 Å². The van der Waals surface area contributed by atoms with Crippen molar-refractivity contribution in [2.75, 3.05) is 18.0 Å². The zero-order valence-electron chi connectivity index (χ0n) is 10.8. The van der Waals surface area contributed by atoms with E-state index >= 15 is 0 Å². The number of anilines is 1. The number of β-amino-alcohol motifs (C(OH)–C–C–N with tert-alkyl or cyclic N) is 1. The molecule has 0 spiro atoms. The maximum atomic E-state index is 12.5. The molecule has 0 amide bonds. The average molecular weight is 290 g/mol. The second kappa shape index (κ2) is 6.12. The lowest BCUT2D eigenvalue weighted by Gasteiger charge is -2.24. The number of aromatic nitrogens is 2. The van der Waals surface area contributed by atoms with E-state index in [1.807, 2.05) is 0 Å². The van der Waals surface area contributed by atoms with Gasteiger partial charge in [0, 0.05) is 13.1 Å². The lowest BCUT2D eigenvalue weighted by atomic mass is 10.2. The highest BCUT2D eigenvalue weighted by Crippen LogP contribution is 2.30. The molecule has 1 aliphatic heterocycles. The van der Waals surface area contributed by atoms with Gasteiger partial charge in [-0.1, -0.05) is 0 Å². The molecule has 0 aliphatic carbocycles. The van der Waals surface area contributed by atoms with Crippen molar-refractivity contribution in [1.29, 1.82) is 0 Å². The molecule has 112 valence electrons. The summed E-state index contributed by atoms with van der Waals surface area (Å²) in [6.45, 7) is -0.0294. The van der Waals surface area contributed by atoms with E-state index in [-0.39, 0.29) is 18.1 Å². The number of halogens is 2. The maximum absolute atomic E-state index is 12.5. The van der Waals surface area contributed by atoms with Gasteiger partial charge in [0.15, 0.2) is 0 Å². The molecule has 9 heteroatoms. The predicted octanol–water partition coefficient (Wildman–Crippen LogP) is 1.41. The van der Waals surface area contributed by atoms with Crippen molar-refractivity contribution in [3.63, 3.8) is 0 Å². The molecule has 20 heavy (non-hydrogen) atoms. The molecular weight excluding hydrogens is 274 g/mol. The van der Waals surface area contributed by atoms with Crippen LogP contribution >= 0.6 is 0 Å². The number of hydrogen-bond acceptors (Lipinski definition) is 5. The highest BCUT2D eigenvalue weighted by atomic mass is 19.3. The van der Waals surface area contributed by atoms with Crippen LogP contribution in [0.5, 0.6) is 0 Å². The van der Waals surface area contributed by atoms with Crippen molar-refractivity contribution in [2.24, 2.45) is 0 Å². The van der Waals surface area contributed by atoms with Crippen LogP contribution in [0.1, 0.15) is 19.3 Å². The fourth-order valence-corrected chi connectivity index (χ4v) is 2.40. The minimum atomic E-state index is -2.65. The van der Waals surface area contributed by atoms with Crippen molar-refractivity contribution in [3.05, 3.63) is 16.3 Å². The third kappa shape index (κ3) is 3.21. The molecule has 0 radical (unpaired) electrons. The van der Waals surface area contributed by atoms with Gasteiger partial charge in [0.25, 0.3) is 6.43 Å². The number of hydrogen-bond donors (Lipinski definition) is 1. The number of nitro groups is 1. The molecule has 1 atom stereocenters. The molecule has 2 heterocycles. The van der Waals surface area contributed by atoms with E-state index in [2.05, 4.69) is 5.10 Å². The summed E-state index contributed by atoms with van der Waals surface area (Å²) in [5, 5.41) is 24.5. The van der Waals surface area contributed by atoms with Gasteiger partial charge in [0.1, 0.15) is 12.7 Å². The molecule has 2 rings (SSSR count). The Balaban J connectivity index is 2.35. The second-order valence-electron chi connectivity index (χ2n) is 4.78. The van der Waals surface area contributed by atoms with Crippen molar-refractivity contribution in [3.8, 4) is 0 Å². The molecule has 1 saturated heterocycles. The number of alkyl halides is 2. The quantitative estimate of drug-likeness (QED) is 0.669. The highest BCUT2D eigenvalue weighted by Gasteiger charge is 2.29. The second-order valence-corrected chi connectivity index (χ2v) is 4.78. The summed E-state index contributed by atoms with van der Waals surface area (Å²) >= 11 is 0. The Labute approximate surface area is 113 Å². The Morgan fingerprint density at radius 2 is 2.30 bits per heavy atom. The van der Waals surface area contributed by atoms with Crippen molar-refractivity contribution in [1.82, 2.24) is 9.78 Å². The van der Waals surface area contributed by atoms with E-state index in [1.165, 1.54) is 0 Å². The maximum Gasteiger partial charge on any atom is 0.331 e. The summed E-state index contributed by atoms with van der Waals surface area (Å²) in [5.41, 5.74) is -0.306. The first-order valence-corrected chi connectivity index (χ1v) is 6.40. The third-order valence-electron chi connectivity index (χ3n) is 3.25. The molecule has 0 saturated carbocycles. The van der Waals surface area contributed by atoms with E-state index in [0.717, 1.165) is 23.7 Å². The zero-order chi connectivity index (χ0) is 14.7. The van der Waals surface area contributed by atoms with E-state index in [0.29, 0.717) is 13.0 Å². The first-order chi connectivity index (χ1) is 9.49. The lowest BCUT2D eigenvalue weighted by molar-refractivity contribution is -0.384. The predicted molar refractivity (Wildman–Crippen MR) is 67.0 cm³/mol. The number of aliphatic hydroxyl groups excluding tert-OH is 1. The summed E-state index contributed by atoms with van der Waals surface area (Å²) in [6.07, 6.45) is -0.137. The van der Waals surface area contributed by atoms with Gasteiger partial charge in [-0.3, -0.25) is 10.1 Å². The van der Waals surface area contributed by atoms with Gasteiger partial charge in [-0.05, 0) is 19.3 Å². The third-order valence-corrected chi connectivity index (χ3v) is 3.25. The Kier molecular flexibility index (Phi) is 4.48. The van der Waals surface area contributed by atoms with Crippen LogP contribution in [-0.2, 0) is 6.54 Å². The normalized spacial score (nSPS) is 20.2. The van der Waals surface area contributed by atoms with Crippen molar-refractivity contribution >= 4 is 11.5 Å². The largest absolute Gasteiger partial charge is 0.391 e. The van der Waals surface area contributed by atoms with Gasteiger partial charge in [-0.25, -0.2) is 13.5 Å². The Bertz CT molecular complexity index is 480. The van der Waals surface area contributed by atoms with Crippen molar-refractivity contribution < 1.29 is 18.8 Å². The van der Waals surface area contributed by atoms with Crippen LogP contribution in [0.3, 0.4) is 0 Å². The zero-order valence-corrected chi connectivity index (χ0v) is 10.8. The lowest BCUT2D eigenvalue weighted by Crippen LogP contribution is -2.33. The molecule has 7 nitrogen and oxygen atoms in total. The molecule has 1 aliphatic rings. The molecule has 0 bridgehead atoms. The fourth-order valence-electron chi connectivity index (χ4n) is 2.40. The minimum absolute atomic E-state index is 0.0521. The Morgan fingerprint density at radius 1 is 1.55 bits per heavy atom. The summed E-state index contributed by atoms with van der Waals surface area (Å²) in [4.78, 5) is 11.9. The minimum Gasteiger partial charge on any atom is -0.391 e. The van der Waals surface area contributed by atoms with Crippen LogP contribution in [0.2, 0.25) is 0 Å². The summed E-state index contributed by atoms with van der Waals surface area (Å²) in [7, 11) is 0. The number of nitrogens with zero attached hydrogens (tertiary/aromatic N) is 4. The van der Waals surface area contributed by atoms with Gasteiger partial charge in [0.2, 0.25) is 5.82 Å². The van der Waals surface area contributed by atoms with Crippen LogP contribution in [-0.4, -0.2) is 45.4 Å². The Hall–Kier alpha value is -1.77. The van der Waals surface area contributed by atoms with Gasteiger partial charge in [-0.15, -0.1) is 0 Å². The molecule has 1 unspecified atom stereocenters. The SMILES string of the molecule is O=[N+]([O-])c1cnn(CC(F)F)c1N1CCCCC(O)C1. The van der Waals surface area contributed by atoms with Crippen molar-refractivity contribution in [2.45, 2.75) is 38.3 Å². The average Bonchev–Trinajstić information content (AvgIpc) is 2.64. The number of aliphatic hydroxyl groups is 1. The highest BCUT2D eigenvalue weighted by molar-refractivity contribution is 5.57. The van der Waals surface area contributed by atoms with Crippen LogP contribution in [0.25, 0.3) is 0 Å². The van der Waals surface area contributed by atoms with Crippen LogP contribution in [0.4, 0.5) is 20.3 Å². The number of rotatable bonds is 4. The van der Waals surface area contributed by atoms with E-state index in [1.54, 1.807) is 4.90 Å².